The van der Waals surface area contributed by atoms with Gasteiger partial charge >= 0.3 is 5.97 Å². The Morgan fingerprint density at radius 1 is 1.24 bits per heavy atom. The van der Waals surface area contributed by atoms with Gasteiger partial charge in [0.1, 0.15) is 11.5 Å². The summed E-state index contributed by atoms with van der Waals surface area (Å²) in [6, 6.07) is 5.64. The van der Waals surface area contributed by atoms with Gasteiger partial charge in [-0.2, -0.15) is 0 Å². The summed E-state index contributed by atoms with van der Waals surface area (Å²) >= 11 is 0. The second kappa shape index (κ2) is 6.78. The quantitative estimate of drug-likeness (QED) is 0.826. The second-order valence-electron chi connectivity index (χ2n) is 4.33. The maximum absolute atomic E-state index is 11.6. The first-order chi connectivity index (χ1) is 10.2. The van der Waals surface area contributed by atoms with Gasteiger partial charge in [-0.25, -0.2) is 9.78 Å². The van der Waals surface area contributed by atoms with Crippen LogP contribution in [0.2, 0.25) is 0 Å². The predicted octanol–water partition coefficient (Wildman–Crippen LogP) is 2.19. The first kappa shape index (κ1) is 14.9. The maximum atomic E-state index is 11.6. The fraction of sp³-hybridized carbons (Fsp3) is 0.333. The average molecular weight is 290 g/mol. The van der Waals surface area contributed by atoms with E-state index in [0.717, 1.165) is 5.56 Å². The van der Waals surface area contributed by atoms with Crippen molar-refractivity contribution in [3.63, 3.8) is 0 Å². The lowest BCUT2D eigenvalue weighted by Crippen LogP contribution is -2.05. The molecular weight excluding hydrogens is 272 g/mol. The van der Waals surface area contributed by atoms with Crippen LogP contribution in [0.3, 0.4) is 0 Å². The minimum Gasteiger partial charge on any atom is -0.493 e. The van der Waals surface area contributed by atoms with Gasteiger partial charge in [0, 0.05) is 6.42 Å². The summed E-state index contributed by atoms with van der Waals surface area (Å²) in [4.78, 5) is 18.7. The molecule has 112 valence electrons. The van der Waals surface area contributed by atoms with Gasteiger partial charge in [-0.1, -0.05) is 6.07 Å². The zero-order valence-electron chi connectivity index (χ0n) is 12.3. The van der Waals surface area contributed by atoms with Gasteiger partial charge in [-0.05, 0) is 24.6 Å². The number of rotatable bonds is 6. The number of aromatic amines is 1. The van der Waals surface area contributed by atoms with Crippen molar-refractivity contribution in [2.45, 2.75) is 13.3 Å². The Bertz CT molecular complexity index is 622. The van der Waals surface area contributed by atoms with E-state index in [1.165, 1.54) is 6.20 Å². The van der Waals surface area contributed by atoms with Crippen LogP contribution in [0.15, 0.2) is 24.4 Å². The van der Waals surface area contributed by atoms with E-state index in [0.29, 0.717) is 36.0 Å². The Hall–Kier alpha value is -2.50. The molecule has 0 radical (unpaired) electrons. The highest BCUT2D eigenvalue weighted by atomic mass is 16.5. The minimum absolute atomic E-state index is 0.336. The lowest BCUT2D eigenvalue weighted by molar-refractivity contribution is 0.0520. The Labute approximate surface area is 123 Å². The van der Waals surface area contributed by atoms with E-state index in [4.69, 9.17) is 14.2 Å². The molecule has 0 saturated heterocycles. The van der Waals surface area contributed by atoms with Crippen molar-refractivity contribution in [3.05, 3.63) is 41.5 Å². The number of H-pyrrole nitrogens is 1. The van der Waals surface area contributed by atoms with Gasteiger partial charge in [-0.15, -0.1) is 0 Å². The summed E-state index contributed by atoms with van der Waals surface area (Å²) in [6.45, 7) is 2.10. The zero-order chi connectivity index (χ0) is 15.2. The number of esters is 1. The summed E-state index contributed by atoms with van der Waals surface area (Å²) in [5.41, 5.74) is 1.35. The molecule has 1 N–H and O–H groups in total. The molecule has 0 fully saturated rings. The molecular formula is C15H18N2O4. The molecule has 1 aromatic carbocycles. The summed E-state index contributed by atoms with van der Waals surface area (Å²) < 4.78 is 15.4. The molecule has 0 bridgehead atoms. The number of imidazole rings is 1. The molecule has 1 aromatic heterocycles. The second-order valence-corrected chi connectivity index (χ2v) is 4.33. The number of hydrogen-bond donors (Lipinski definition) is 1. The molecule has 0 atom stereocenters. The third-order valence-corrected chi connectivity index (χ3v) is 2.94. The topological polar surface area (TPSA) is 73.4 Å². The highest BCUT2D eigenvalue weighted by Gasteiger charge is 2.11. The highest BCUT2D eigenvalue weighted by Crippen LogP contribution is 2.28. The SMILES string of the molecule is CCOC(=O)c1cnc(Cc2ccc(OC)c(OC)c2)[nH]1. The zero-order valence-corrected chi connectivity index (χ0v) is 12.3. The number of aromatic nitrogens is 2. The van der Waals surface area contributed by atoms with Gasteiger partial charge in [-0.3, -0.25) is 0 Å². The van der Waals surface area contributed by atoms with E-state index in [9.17, 15) is 4.79 Å². The van der Waals surface area contributed by atoms with Crippen LogP contribution < -0.4 is 9.47 Å². The fourth-order valence-electron chi connectivity index (χ4n) is 1.95. The van der Waals surface area contributed by atoms with E-state index in [-0.39, 0.29) is 0 Å². The lowest BCUT2D eigenvalue weighted by Gasteiger charge is -2.08. The molecule has 0 amide bonds. The number of benzene rings is 1. The van der Waals surface area contributed by atoms with Crippen molar-refractivity contribution >= 4 is 5.97 Å². The van der Waals surface area contributed by atoms with Gasteiger partial charge in [0.15, 0.2) is 11.5 Å². The minimum atomic E-state index is -0.399. The van der Waals surface area contributed by atoms with E-state index >= 15 is 0 Å². The van der Waals surface area contributed by atoms with E-state index in [1.54, 1.807) is 21.1 Å². The Balaban J connectivity index is 2.13. The molecule has 0 unspecified atom stereocenters. The molecule has 2 rings (SSSR count). The molecule has 0 spiro atoms. The predicted molar refractivity (Wildman–Crippen MR) is 76.9 cm³/mol. The fourth-order valence-corrected chi connectivity index (χ4v) is 1.95. The third-order valence-electron chi connectivity index (χ3n) is 2.94. The van der Waals surface area contributed by atoms with Crippen LogP contribution >= 0.6 is 0 Å². The number of nitrogens with one attached hydrogen (secondary N) is 1. The number of carbonyl (C=O) groups is 1. The van der Waals surface area contributed by atoms with Crippen molar-refractivity contribution in [1.29, 1.82) is 0 Å². The monoisotopic (exact) mass is 290 g/mol. The molecule has 2 aromatic rings. The molecule has 0 aliphatic carbocycles. The van der Waals surface area contributed by atoms with Crippen LogP contribution in [-0.4, -0.2) is 36.8 Å². The first-order valence-corrected chi connectivity index (χ1v) is 6.59. The molecule has 21 heavy (non-hydrogen) atoms. The standard InChI is InChI=1S/C15H18N2O4/c1-4-21-15(18)11-9-16-14(17-11)8-10-5-6-12(19-2)13(7-10)20-3/h5-7,9H,4,8H2,1-3H3,(H,16,17). The van der Waals surface area contributed by atoms with Crippen molar-refractivity contribution < 1.29 is 19.0 Å². The van der Waals surface area contributed by atoms with Crippen LogP contribution in [0.5, 0.6) is 11.5 Å². The Morgan fingerprint density at radius 3 is 2.67 bits per heavy atom. The first-order valence-electron chi connectivity index (χ1n) is 6.59. The normalized spacial score (nSPS) is 10.2. The van der Waals surface area contributed by atoms with Crippen LogP contribution in [0.4, 0.5) is 0 Å². The summed E-state index contributed by atoms with van der Waals surface area (Å²) in [7, 11) is 3.18. The number of ether oxygens (including phenoxy) is 3. The van der Waals surface area contributed by atoms with Crippen molar-refractivity contribution in [1.82, 2.24) is 9.97 Å². The lowest BCUT2D eigenvalue weighted by atomic mass is 10.1. The van der Waals surface area contributed by atoms with Gasteiger partial charge in [0.2, 0.25) is 0 Å². The van der Waals surface area contributed by atoms with Crippen LogP contribution in [0, 0.1) is 0 Å². The van der Waals surface area contributed by atoms with Crippen LogP contribution in [0.25, 0.3) is 0 Å². The van der Waals surface area contributed by atoms with Gasteiger partial charge in [0.25, 0.3) is 0 Å². The molecule has 1 heterocycles. The Kier molecular flexibility index (Phi) is 4.81. The molecule has 0 aliphatic rings. The maximum Gasteiger partial charge on any atom is 0.356 e. The van der Waals surface area contributed by atoms with Gasteiger partial charge in [0.05, 0.1) is 27.0 Å². The van der Waals surface area contributed by atoms with E-state index in [2.05, 4.69) is 9.97 Å². The van der Waals surface area contributed by atoms with E-state index < -0.39 is 5.97 Å². The van der Waals surface area contributed by atoms with Crippen molar-refractivity contribution in [2.75, 3.05) is 20.8 Å². The number of nitrogens with zero attached hydrogens (tertiary/aromatic N) is 1. The molecule has 0 saturated carbocycles. The van der Waals surface area contributed by atoms with Crippen molar-refractivity contribution in [2.24, 2.45) is 0 Å². The van der Waals surface area contributed by atoms with Crippen molar-refractivity contribution in [3.8, 4) is 11.5 Å². The third kappa shape index (κ3) is 3.53. The summed E-state index contributed by atoms with van der Waals surface area (Å²) in [5.74, 6) is 1.62. The summed E-state index contributed by atoms with van der Waals surface area (Å²) in [6.07, 6.45) is 2.04. The van der Waals surface area contributed by atoms with Gasteiger partial charge < -0.3 is 19.2 Å². The smallest absolute Gasteiger partial charge is 0.356 e. The van der Waals surface area contributed by atoms with Crippen LogP contribution in [0.1, 0.15) is 28.8 Å². The van der Waals surface area contributed by atoms with E-state index in [1.807, 2.05) is 18.2 Å². The molecule has 6 nitrogen and oxygen atoms in total. The Morgan fingerprint density at radius 2 is 2.00 bits per heavy atom. The molecule has 0 aliphatic heterocycles. The number of methoxy groups -OCH3 is 2. The largest absolute Gasteiger partial charge is 0.493 e. The number of hydrogen-bond acceptors (Lipinski definition) is 5. The average Bonchev–Trinajstić information content (AvgIpc) is 2.96. The highest BCUT2D eigenvalue weighted by molar-refractivity contribution is 5.86. The number of carbonyl (C=O) groups excluding carboxylic acids is 1. The molecule has 6 heteroatoms. The van der Waals surface area contributed by atoms with Crippen LogP contribution in [-0.2, 0) is 11.2 Å². The summed E-state index contributed by atoms with van der Waals surface area (Å²) in [5, 5.41) is 0.